The molecule has 0 saturated carbocycles. The van der Waals surface area contributed by atoms with E-state index in [0.29, 0.717) is 11.2 Å². The Morgan fingerprint density at radius 2 is 2.14 bits per heavy atom. The van der Waals surface area contributed by atoms with E-state index in [1.54, 1.807) is 12.1 Å². The van der Waals surface area contributed by atoms with Crippen LogP contribution in [0.2, 0.25) is 0 Å². The number of anilines is 1. The normalized spacial score (nSPS) is 18.0. The zero-order valence-electron chi connectivity index (χ0n) is 12.3. The van der Waals surface area contributed by atoms with Crippen molar-refractivity contribution in [1.29, 1.82) is 0 Å². The Morgan fingerprint density at radius 3 is 2.71 bits per heavy atom. The summed E-state index contributed by atoms with van der Waals surface area (Å²) >= 11 is 5.47. The fraction of sp³-hybridized carbons (Fsp3) is 0.500. The molecule has 114 valence electrons. The monoisotopic (exact) mass is 308 g/mol. The molecule has 2 rings (SSSR count). The smallest absolute Gasteiger partial charge is 0.269 e. The van der Waals surface area contributed by atoms with Crippen LogP contribution in [0, 0.1) is 10.1 Å². The first-order chi connectivity index (χ1) is 9.97. The zero-order chi connectivity index (χ0) is 15.4. The first-order valence-corrected chi connectivity index (χ1v) is 7.35. The van der Waals surface area contributed by atoms with Gasteiger partial charge in [-0.3, -0.25) is 10.1 Å². The quantitative estimate of drug-likeness (QED) is 0.523. The summed E-state index contributed by atoms with van der Waals surface area (Å²) in [4.78, 5) is 14.6. The van der Waals surface area contributed by atoms with E-state index in [1.165, 1.54) is 12.1 Å². The van der Waals surface area contributed by atoms with Gasteiger partial charge in [0.25, 0.3) is 5.69 Å². The lowest BCUT2D eigenvalue weighted by Crippen LogP contribution is -2.43. The summed E-state index contributed by atoms with van der Waals surface area (Å²) in [6, 6.07) is 6.75. The molecule has 1 atom stereocenters. The Hall–Kier alpha value is -1.73. The van der Waals surface area contributed by atoms with E-state index in [4.69, 9.17) is 12.2 Å². The summed E-state index contributed by atoms with van der Waals surface area (Å²) in [7, 11) is 4.12. The van der Waals surface area contributed by atoms with Crippen LogP contribution in [-0.4, -0.2) is 53.1 Å². The van der Waals surface area contributed by atoms with Crippen molar-refractivity contribution in [2.24, 2.45) is 0 Å². The van der Waals surface area contributed by atoms with Gasteiger partial charge in [0, 0.05) is 37.0 Å². The third kappa shape index (κ3) is 4.12. The summed E-state index contributed by atoms with van der Waals surface area (Å²) in [6.07, 6.45) is 2.28. The number of thiocarbonyl (C=S) groups is 1. The molecule has 0 bridgehead atoms. The van der Waals surface area contributed by atoms with E-state index >= 15 is 0 Å². The third-order valence-electron chi connectivity index (χ3n) is 3.54. The van der Waals surface area contributed by atoms with Crippen LogP contribution in [0.25, 0.3) is 0 Å². The summed E-state index contributed by atoms with van der Waals surface area (Å²) in [5, 5.41) is 14.5. The average Bonchev–Trinajstić information content (AvgIpc) is 2.86. The highest BCUT2D eigenvalue weighted by atomic mass is 32.1. The number of hydrogen-bond donors (Lipinski definition) is 1. The summed E-state index contributed by atoms with van der Waals surface area (Å²) < 4.78 is 0. The molecule has 7 heteroatoms. The van der Waals surface area contributed by atoms with Crippen LogP contribution in [0.15, 0.2) is 24.3 Å². The van der Waals surface area contributed by atoms with Crippen LogP contribution in [0.3, 0.4) is 0 Å². The van der Waals surface area contributed by atoms with Crippen molar-refractivity contribution in [3.63, 3.8) is 0 Å². The lowest BCUT2D eigenvalue weighted by Gasteiger charge is -2.29. The second-order valence-corrected chi connectivity index (χ2v) is 5.87. The maximum atomic E-state index is 10.6. The molecule has 21 heavy (non-hydrogen) atoms. The van der Waals surface area contributed by atoms with E-state index in [2.05, 4.69) is 29.2 Å². The molecule has 6 nitrogen and oxygen atoms in total. The Labute approximate surface area is 129 Å². The first-order valence-electron chi connectivity index (χ1n) is 6.94. The standard InChI is InChI=1S/C14H20N4O2S/c1-16(2)10-13-4-3-9-17(13)14(21)15-11-5-7-12(8-6-11)18(19)20/h5-8,13H,3-4,9-10H2,1-2H3,(H,15,21). The predicted octanol–water partition coefficient (Wildman–Crippen LogP) is 2.32. The summed E-state index contributed by atoms with van der Waals surface area (Å²) in [5.41, 5.74) is 0.860. The van der Waals surface area contributed by atoms with Gasteiger partial charge < -0.3 is 15.1 Å². The second kappa shape index (κ2) is 6.82. The van der Waals surface area contributed by atoms with Gasteiger partial charge in [0.1, 0.15) is 0 Å². The highest BCUT2D eigenvalue weighted by molar-refractivity contribution is 7.80. The predicted molar refractivity (Wildman–Crippen MR) is 87.6 cm³/mol. The lowest BCUT2D eigenvalue weighted by molar-refractivity contribution is -0.384. The number of nitro benzene ring substituents is 1. The van der Waals surface area contributed by atoms with Gasteiger partial charge in [-0.05, 0) is 51.3 Å². The number of hydrogen-bond acceptors (Lipinski definition) is 4. The van der Waals surface area contributed by atoms with Crippen LogP contribution in [0.4, 0.5) is 11.4 Å². The van der Waals surface area contributed by atoms with Crippen molar-refractivity contribution in [2.45, 2.75) is 18.9 Å². The van der Waals surface area contributed by atoms with Gasteiger partial charge in [0.2, 0.25) is 0 Å². The minimum atomic E-state index is -0.407. The van der Waals surface area contributed by atoms with Crippen molar-refractivity contribution >= 4 is 28.7 Å². The molecule has 1 aliphatic rings. The van der Waals surface area contributed by atoms with Crippen molar-refractivity contribution in [2.75, 3.05) is 32.5 Å². The molecule has 1 saturated heterocycles. The number of nitrogens with one attached hydrogen (secondary N) is 1. The van der Waals surface area contributed by atoms with Crippen molar-refractivity contribution in [3.05, 3.63) is 34.4 Å². The lowest BCUT2D eigenvalue weighted by atomic mass is 10.2. The molecule has 1 unspecified atom stereocenters. The van der Waals surface area contributed by atoms with Crippen molar-refractivity contribution < 1.29 is 4.92 Å². The number of likely N-dealkylation sites (tertiary alicyclic amines) is 1. The SMILES string of the molecule is CN(C)CC1CCCN1C(=S)Nc1ccc([N+](=O)[O-])cc1. The Balaban J connectivity index is 1.98. The molecular formula is C14H20N4O2S. The first kappa shape index (κ1) is 15.7. The highest BCUT2D eigenvalue weighted by Gasteiger charge is 2.26. The molecule has 0 aromatic heterocycles. The fourth-order valence-corrected chi connectivity index (χ4v) is 2.93. The zero-order valence-corrected chi connectivity index (χ0v) is 13.1. The molecule has 1 aromatic carbocycles. The number of rotatable bonds is 4. The van der Waals surface area contributed by atoms with Crippen LogP contribution in [-0.2, 0) is 0 Å². The molecule has 0 spiro atoms. The molecular weight excluding hydrogens is 288 g/mol. The van der Waals surface area contributed by atoms with Gasteiger partial charge in [-0.1, -0.05) is 0 Å². The highest BCUT2D eigenvalue weighted by Crippen LogP contribution is 2.21. The summed E-state index contributed by atoms with van der Waals surface area (Å²) in [5.74, 6) is 0. The average molecular weight is 308 g/mol. The van der Waals surface area contributed by atoms with Gasteiger partial charge in [-0.15, -0.1) is 0 Å². The van der Waals surface area contributed by atoms with E-state index < -0.39 is 4.92 Å². The van der Waals surface area contributed by atoms with Crippen LogP contribution in [0.5, 0.6) is 0 Å². The van der Waals surface area contributed by atoms with Gasteiger partial charge in [-0.25, -0.2) is 0 Å². The molecule has 0 aliphatic carbocycles. The largest absolute Gasteiger partial charge is 0.345 e. The molecule has 1 aliphatic heterocycles. The maximum Gasteiger partial charge on any atom is 0.269 e. The molecule has 1 fully saturated rings. The molecule has 0 amide bonds. The van der Waals surface area contributed by atoms with Crippen molar-refractivity contribution in [3.8, 4) is 0 Å². The molecule has 1 heterocycles. The van der Waals surface area contributed by atoms with E-state index in [-0.39, 0.29) is 5.69 Å². The van der Waals surface area contributed by atoms with E-state index in [0.717, 1.165) is 31.6 Å². The number of nitrogens with zero attached hydrogens (tertiary/aromatic N) is 3. The fourth-order valence-electron chi connectivity index (χ4n) is 2.58. The second-order valence-electron chi connectivity index (χ2n) is 5.49. The molecule has 1 aromatic rings. The molecule has 0 radical (unpaired) electrons. The Morgan fingerprint density at radius 1 is 1.48 bits per heavy atom. The topological polar surface area (TPSA) is 61.6 Å². The number of benzene rings is 1. The van der Waals surface area contributed by atoms with Crippen LogP contribution >= 0.6 is 12.2 Å². The van der Waals surface area contributed by atoms with Gasteiger partial charge >= 0.3 is 0 Å². The van der Waals surface area contributed by atoms with Gasteiger partial charge in [0.05, 0.1) is 4.92 Å². The van der Waals surface area contributed by atoms with E-state index in [1.807, 2.05) is 0 Å². The van der Waals surface area contributed by atoms with E-state index in [9.17, 15) is 10.1 Å². The maximum absolute atomic E-state index is 10.6. The number of nitro groups is 1. The molecule has 1 N–H and O–H groups in total. The summed E-state index contributed by atoms with van der Waals surface area (Å²) in [6.45, 7) is 1.93. The Bertz CT molecular complexity index is 518. The minimum absolute atomic E-state index is 0.0816. The van der Waals surface area contributed by atoms with Gasteiger partial charge in [0.15, 0.2) is 5.11 Å². The van der Waals surface area contributed by atoms with Gasteiger partial charge in [-0.2, -0.15) is 0 Å². The van der Waals surface area contributed by atoms with Crippen LogP contribution in [0.1, 0.15) is 12.8 Å². The third-order valence-corrected chi connectivity index (χ3v) is 3.88. The van der Waals surface area contributed by atoms with Crippen molar-refractivity contribution in [1.82, 2.24) is 9.80 Å². The number of non-ortho nitro benzene ring substituents is 1. The Kier molecular flexibility index (Phi) is 5.08. The van der Waals surface area contributed by atoms with Crippen LogP contribution < -0.4 is 5.32 Å². The number of likely N-dealkylation sites (N-methyl/N-ethyl adjacent to an activating group) is 1. The minimum Gasteiger partial charge on any atom is -0.345 e.